The van der Waals surface area contributed by atoms with E-state index in [4.69, 9.17) is 4.74 Å². The Morgan fingerprint density at radius 2 is 2.00 bits per heavy atom. The van der Waals surface area contributed by atoms with Crippen LogP contribution in [0.1, 0.15) is 0 Å². The van der Waals surface area contributed by atoms with Crippen molar-refractivity contribution in [1.82, 2.24) is 15.1 Å². The molecule has 5 heteroatoms. The molecule has 2 saturated heterocycles. The van der Waals surface area contributed by atoms with Crippen molar-refractivity contribution >= 4 is 5.91 Å². The van der Waals surface area contributed by atoms with E-state index in [1.54, 1.807) is 19.0 Å². The third-order valence-electron chi connectivity index (χ3n) is 2.91. The van der Waals surface area contributed by atoms with Gasteiger partial charge in [-0.2, -0.15) is 0 Å². The number of carbonyl (C=O) groups is 1. The summed E-state index contributed by atoms with van der Waals surface area (Å²) in [5.74, 6) is 0.169. The fourth-order valence-corrected chi connectivity index (χ4v) is 2.10. The molecule has 0 aromatic heterocycles. The van der Waals surface area contributed by atoms with Crippen molar-refractivity contribution in [3.05, 3.63) is 0 Å². The van der Waals surface area contributed by atoms with Gasteiger partial charge in [-0.25, -0.2) is 0 Å². The van der Waals surface area contributed by atoms with Crippen LogP contribution in [0, 0.1) is 0 Å². The molecule has 5 nitrogen and oxygen atoms in total. The van der Waals surface area contributed by atoms with E-state index >= 15 is 0 Å². The van der Waals surface area contributed by atoms with Crippen LogP contribution in [0.15, 0.2) is 0 Å². The largest absolute Gasteiger partial charge is 0.370 e. The molecule has 0 spiro atoms. The van der Waals surface area contributed by atoms with E-state index in [1.165, 1.54) is 0 Å². The van der Waals surface area contributed by atoms with Crippen LogP contribution in [0.25, 0.3) is 0 Å². The maximum atomic E-state index is 11.6. The molecule has 15 heavy (non-hydrogen) atoms. The molecule has 2 fully saturated rings. The summed E-state index contributed by atoms with van der Waals surface area (Å²) in [6, 6.07) is 0. The smallest absolute Gasteiger partial charge is 0.236 e. The van der Waals surface area contributed by atoms with Gasteiger partial charge < -0.3 is 15.0 Å². The van der Waals surface area contributed by atoms with Crippen molar-refractivity contribution in [3.8, 4) is 0 Å². The van der Waals surface area contributed by atoms with Crippen LogP contribution >= 0.6 is 0 Å². The summed E-state index contributed by atoms with van der Waals surface area (Å²) in [6.45, 7) is 4.06. The van der Waals surface area contributed by atoms with Gasteiger partial charge >= 0.3 is 0 Å². The van der Waals surface area contributed by atoms with Crippen molar-refractivity contribution in [2.45, 2.75) is 12.2 Å². The first kappa shape index (κ1) is 10.9. The molecule has 86 valence electrons. The van der Waals surface area contributed by atoms with Gasteiger partial charge in [-0.1, -0.05) is 0 Å². The lowest BCUT2D eigenvalue weighted by molar-refractivity contribution is -0.136. The van der Waals surface area contributed by atoms with Crippen LogP contribution in [0.5, 0.6) is 0 Å². The van der Waals surface area contributed by atoms with Gasteiger partial charge in [0.25, 0.3) is 0 Å². The van der Waals surface area contributed by atoms with E-state index in [-0.39, 0.29) is 18.1 Å². The number of hydrogen-bond donors (Lipinski definition) is 1. The Morgan fingerprint density at radius 3 is 2.53 bits per heavy atom. The molecular weight excluding hydrogens is 194 g/mol. The van der Waals surface area contributed by atoms with Crippen LogP contribution < -0.4 is 5.32 Å². The van der Waals surface area contributed by atoms with E-state index in [0.717, 1.165) is 26.2 Å². The SMILES string of the molecule is CN(C)C(=O)CN1CC2CNCC(C1)O2. The Labute approximate surface area is 90.4 Å². The number of carbonyl (C=O) groups excluding carboxylic acids is 1. The van der Waals surface area contributed by atoms with E-state index < -0.39 is 0 Å². The molecule has 2 aliphatic rings. The van der Waals surface area contributed by atoms with Gasteiger partial charge in [0.15, 0.2) is 0 Å². The Bertz CT molecular complexity index is 233. The number of rotatable bonds is 2. The second-order valence-electron chi connectivity index (χ2n) is 4.52. The van der Waals surface area contributed by atoms with Gasteiger partial charge in [-0.15, -0.1) is 0 Å². The number of fused-ring (bicyclic) bond motifs is 2. The monoisotopic (exact) mass is 213 g/mol. The molecule has 2 rings (SSSR count). The molecule has 1 amide bonds. The summed E-state index contributed by atoms with van der Waals surface area (Å²) >= 11 is 0. The lowest BCUT2D eigenvalue weighted by Crippen LogP contribution is -2.59. The lowest BCUT2D eigenvalue weighted by Gasteiger charge is -2.41. The van der Waals surface area contributed by atoms with Gasteiger partial charge in [0, 0.05) is 40.3 Å². The van der Waals surface area contributed by atoms with Crippen molar-refractivity contribution in [2.75, 3.05) is 46.8 Å². The quantitative estimate of drug-likeness (QED) is 0.622. The zero-order valence-electron chi connectivity index (χ0n) is 9.40. The zero-order chi connectivity index (χ0) is 10.8. The normalized spacial score (nSPS) is 31.3. The molecule has 0 radical (unpaired) electrons. The maximum Gasteiger partial charge on any atom is 0.236 e. The second-order valence-corrected chi connectivity index (χ2v) is 4.52. The first-order valence-corrected chi connectivity index (χ1v) is 5.44. The van der Waals surface area contributed by atoms with Crippen molar-refractivity contribution < 1.29 is 9.53 Å². The van der Waals surface area contributed by atoms with Crippen LogP contribution in [0.2, 0.25) is 0 Å². The minimum Gasteiger partial charge on any atom is -0.370 e. The number of hydrogen-bond acceptors (Lipinski definition) is 4. The van der Waals surface area contributed by atoms with Gasteiger partial charge in [0.1, 0.15) is 0 Å². The Kier molecular flexibility index (Phi) is 3.23. The number of morpholine rings is 2. The average molecular weight is 213 g/mol. The molecule has 2 atom stereocenters. The van der Waals surface area contributed by atoms with Crippen molar-refractivity contribution in [3.63, 3.8) is 0 Å². The minimum atomic E-state index is 0.169. The van der Waals surface area contributed by atoms with E-state index in [2.05, 4.69) is 10.2 Å². The van der Waals surface area contributed by atoms with E-state index in [1.807, 2.05) is 0 Å². The predicted octanol–water partition coefficient (Wildman–Crippen LogP) is -1.25. The van der Waals surface area contributed by atoms with Gasteiger partial charge in [0.05, 0.1) is 18.8 Å². The van der Waals surface area contributed by atoms with Gasteiger partial charge in [-0.05, 0) is 0 Å². The number of nitrogens with one attached hydrogen (secondary N) is 1. The molecule has 2 aliphatic heterocycles. The molecule has 0 saturated carbocycles. The summed E-state index contributed by atoms with van der Waals surface area (Å²) in [4.78, 5) is 15.4. The molecule has 2 unspecified atom stereocenters. The summed E-state index contributed by atoms with van der Waals surface area (Å²) in [6.07, 6.45) is 0.514. The highest BCUT2D eigenvalue weighted by atomic mass is 16.5. The first-order valence-electron chi connectivity index (χ1n) is 5.44. The second kappa shape index (κ2) is 4.47. The molecule has 2 heterocycles. The maximum absolute atomic E-state index is 11.6. The highest BCUT2D eigenvalue weighted by molar-refractivity contribution is 5.77. The van der Waals surface area contributed by atoms with Crippen molar-refractivity contribution in [1.29, 1.82) is 0 Å². The van der Waals surface area contributed by atoms with Gasteiger partial charge in [-0.3, -0.25) is 9.69 Å². The molecule has 2 bridgehead atoms. The fourth-order valence-electron chi connectivity index (χ4n) is 2.10. The van der Waals surface area contributed by atoms with Crippen molar-refractivity contribution in [2.24, 2.45) is 0 Å². The fraction of sp³-hybridized carbons (Fsp3) is 0.900. The lowest BCUT2D eigenvalue weighted by atomic mass is 10.1. The number of likely N-dealkylation sites (N-methyl/N-ethyl adjacent to an activating group) is 1. The molecular formula is C10H19N3O2. The summed E-state index contributed by atoms with van der Waals surface area (Å²) in [7, 11) is 3.59. The molecule has 0 aliphatic carbocycles. The third-order valence-corrected chi connectivity index (χ3v) is 2.91. The number of amides is 1. The van der Waals surface area contributed by atoms with Crippen LogP contribution in [-0.4, -0.2) is 74.7 Å². The first-order chi connectivity index (χ1) is 7.15. The van der Waals surface area contributed by atoms with E-state index in [9.17, 15) is 4.79 Å². The Morgan fingerprint density at radius 1 is 1.40 bits per heavy atom. The number of nitrogens with zero attached hydrogens (tertiary/aromatic N) is 2. The van der Waals surface area contributed by atoms with Crippen LogP contribution in [-0.2, 0) is 9.53 Å². The minimum absolute atomic E-state index is 0.169. The standard InChI is InChI=1S/C10H19N3O2/c1-12(2)10(14)7-13-5-8-3-11-4-9(6-13)15-8/h8-9,11H,3-7H2,1-2H3. The van der Waals surface area contributed by atoms with Crippen LogP contribution in [0.4, 0.5) is 0 Å². The Balaban J connectivity index is 1.86. The highest BCUT2D eigenvalue weighted by Crippen LogP contribution is 2.13. The third kappa shape index (κ3) is 2.68. The molecule has 0 aromatic rings. The summed E-state index contributed by atoms with van der Waals surface area (Å²) in [5.41, 5.74) is 0. The van der Waals surface area contributed by atoms with Crippen LogP contribution in [0.3, 0.4) is 0 Å². The van der Waals surface area contributed by atoms with E-state index in [0.29, 0.717) is 6.54 Å². The zero-order valence-corrected chi connectivity index (χ0v) is 9.40. The summed E-state index contributed by atoms with van der Waals surface area (Å²) < 4.78 is 5.77. The Hall–Kier alpha value is -0.650. The molecule has 0 aromatic carbocycles. The summed E-state index contributed by atoms with van der Waals surface area (Å²) in [5, 5.41) is 3.34. The highest BCUT2D eigenvalue weighted by Gasteiger charge is 2.31. The predicted molar refractivity (Wildman–Crippen MR) is 56.7 cm³/mol. The number of ether oxygens (including phenoxy) is 1. The molecule has 1 N–H and O–H groups in total. The topological polar surface area (TPSA) is 44.8 Å². The van der Waals surface area contributed by atoms with Gasteiger partial charge in [0.2, 0.25) is 5.91 Å². The average Bonchev–Trinajstić information content (AvgIpc) is 2.16.